The van der Waals surface area contributed by atoms with Crippen molar-refractivity contribution in [2.45, 2.75) is 33.4 Å². The number of rotatable bonds is 21. The first kappa shape index (κ1) is 91.5. The van der Waals surface area contributed by atoms with E-state index in [1.165, 1.54) is 45.5 Å². The molecular formula is C122H101ClFN6O3S+. The third-order valence-corrected chi connectivity index (χ3v) is 25.4. The Balaban J connectivity index is 0.000000117. The molecule has 16 aromatic carbocycles. The van der Waals surface area contributed by atoms with Crippen molar-refractivity contribution in [2.24, 2.45) is 7.05 Å². The normalized spacial score (nSPS) is 11.4. The topological polar surface area (TPSA) is 105 Å². The maximum atomic E-state index is 13.2. The van der Waals surface area contributed by atoms with E-state index in [0.29, 0.717) is 5.56 Å². The van der Waals surface area contributed by atoms with E-state index in [0.717, 1.165) is 65.5 Å². The molecule has 0 bridgehead atoms. The molecule has 656 valence electrons. The highest BCUT2D eigenvalue weighted by Crippen LogP contribution is 2.46. The van der Waals surface area contributed by atoms with Crippen molar-refractivity contribution in [3.8, 4) is 0 Å². The summed E-state index contributed by atoms with van der Waals surface area (Å²) in [4.78, 5) is 0.935. The molecule has 134 heavy (non-hydrogen) atoms. The number of aliphatic hydroxyl groups is 3. The van der Waals surface area contributed by atoms with Gasteiger partial charge in [0, 0.05) is 64.8 Å². The van der Waals surface area contributed by atoms with Gasteiger partial charge in [-0.05, 0) is 149 Å². The van der Waals surface area contributed by atoms with E-state index < -0.39 is 27.9 Å². The van der Waals surface area contributed by atoms with Gasteiger partial charge in [-0.25, -0.2) is 8.96 Å². The fraction of sp³-hybridized carbons (Fsp3) is 0.0574. The van der Waals surface area contributed by atoms with Crippen LogP contribution in [0.3, 0.4) is 0 Å². The average Bonchev–Trinajstić information content (AvgIpc) is 1.42. The Bertz CT molecular complexity index is 6310. The Morgan fingerprint density at radius 1 is 0.239 bits per heavy atom. The Labute approximate surface area is 793 Å². The molecule has 21 rings (SSSR count). The quantitative estimate of drug-likeness (QED) is 0.0491. The number of aryl methyl sites for hydroxylation is 1. The largest absolute Gasteiger partial charge is 0.376 e. The molecule has 21 aromatic rings. The molecule has 0 saturated carbocycles. The van der Waals surface area contributed by atoms with Gasteiger partial charge in [0.05, 0.1) is 0 Å². The summed E-state index contributed by atoms with van der Waals surface area (Å²) in [5.74, 6) is -0.317. The summed E-state index contributed by atoms with van der Waals surface area (Å²) < 4.78 is 21.5. The molecule has 0 atom stereocenters. The van der Waals surface area contributed by atoms with Crippen LogP contribution in [-0.4, -0.2) is 39.4 Å². The van der Waals surface area contributed by atoms with Crippen molar-refractivity contribution in [2.75, 3.05) is 0 Å². The second kappa shape index (κ2) is 43.7. The van der Waals surface area contributed by atoms with Crippen LogP contribution in [0.4, 0.5) is 4.39 Å². The lowest BCUT2D eigenvalue weighted by molar-refractivity contribution is -0.671. The highest BCUT2D eigenvalue weighted by atomic mass is 35.5. The van der Waals surface area contributed by atoms with E-state index in [2.05, 4.69) is 264 Å². The number of thiophene rings is 1. The SMILES string of the molecule is C[n+]1ccc(C(O)(c2ccccc2)c2ccccc2)cc1.Clc1ccc(C(c2ccccc2)(c2ccccc2)n2cccn2)cc1.OC(c1ccccc1)(c1ccccc1)c1ccc(F)cc1.OC(c1ccccc1)(c1ccccc1)c1cccs1.c1ccc(C(c2ccccc2)(c2ccccc2)n2cccc2)cc1.c1ccc(C(c2ccccc2)(c2ccccc2)n2cccn2)cc1. The molecule has 9 nitrogen and oxygen atoms in total. The van der Waals surface area contributed by atoms with Crippen LogP contribution in [-0.2, 0) is 40.5 Å². The second-order valence-corrected chi connectivity index (χ2v) is 33.5. The fourth-order valence-electron chi connectivity index (χ4n) is 17.8. The molecule has 0 aliphatic heterocycles. The molecule has 0 fully saturated rings. The maximum Gasteiger partial charge on any atom is 0.168 e. The molecule has 12 heteroatoms. The molecule has 0 aliphatic rings. The fourth-order valence-corrected chi connectivity index (χ4v) is 18.8. The van der Waals surface area contributed by atoms with Gasteiger partial charge in [0.1, 0.15) is 46.3 Å². The number of hydrogen-bond donors (Lipinski definition) is 3. The lowest BCUT2D eigenvalue weighted by Crippen LogP contribution is -2.38. The van der Waals surface area contributed by atoms with Crippen molar-refractivity contribution in [1.82, 2.24) is 24.1 Å². The highest BCUT2D eigenvalue weighted by molar-refractivity contribution is 7.10. The Kier molecular flexibility index (Phi) is 29.8. The van der Waals surface area contributed by atoms with Crippen molar-refractivity contribution >= 4 is 22.9 Å². The number of halogens is 2. The van der Waals surface area contributed by atoms with Crippen LogP contribution in [0, 0.1) is 5.82 Å². The average molecular weight is 1790 g/mol. The van der Waals surface area contributed by atoms with Gasteiger partial charge in [-0.15, -0.1) is 11.3 Å². The van der Waals surface area contributed by atoms with Gasteiger partial charge in [-0.1, -0.05) is 467 Å². The zero-order valence-corrected chi connectivity index (χ0v) is 75.6. The molecule has 5 aromatic heterocycles. The molecule has 0 aliphatic carbocycles. The lowest BCUT2D eigenvalue weighted by atomic mass is 9.77. The van der Waals surface area contributed by atoms with E-state index >= 15 is 0 Å². The minimum absolute atomic E-state index is 0.317. The van der Waals surface area contributed by atoms with Gasteiger partial charge in [0.2, 0.25) is 0 Å². The first-order valence-corrected chi connectivity index (χ1v) is 45.8. The van der Waals surface area contributed by atoms with E-state index in [-0.39, 0.29) is 11.4 Å². The Morgan fingerprint density at radius 3 is 0.709 bits per heavy atom. The van der Waals surface area contributed by atoms with Crippen LogP contribution in [0.1, 0.15) is 99.5 Å². The Morgan fingerprint density at radius 2 is 0.463 bits per heavy atom. The molecule has 0 amide bonds. The van der Waals surface area contributed by atoms with Gasteiger partial charge < -0.3 is 19.9 Å². The second-order valence-electron chi connectivity index (χ2n) is 32.1. The maximum absolute atomic E-state index is 13.2. The van der Waals surface area contributed by atoms with Crippen molar-refractivity contribution < 1.29 is 24.3 Å². The van der Waals surface area contributed by atoms with E-state index in [1.54, 1.807) is 23.5 Å². The lowest BCUT2D eigenvalue weighted by Gasteiger charge is -2.37. The number of nitrogens with zero attached hydrogens (tertiary/aromatic N) is 6. The van der Waals surface area contributed by atoms with Gasteiger partial charge in [0.25, 0.3) is 0 Å². The first-order valence-electron chi connectivity index (χ1n) is 44.5. The van der Waals surface area contributed by atoms with Gasteiger partial charge in [-0.2, -0.15) is 10.2 Å². The zero-order chi connectivity index (χ0) is 92.2. The summed E-state index contributed by atoms with van der Waals surface area (Å²) in [7, 11) is 1.97. The predicted molar refractivity (Wildman–Crippen MR) is 541 cm³/mol. The summed E-state index contributed by atoms with van der Waals surface area (Å²) in [5.41, 5.74) is 12.3. The first-order chi connectivity index (χ1) is 65.9. The molecule has 0 saturated heterocycles. The molecule has 0 unspecified atom stereocenters. The van der Waals surface area contributed by atoms with E-state index in [4.69, 9.17) is 11.6 Å². The van der Waals surface area contributed by atoms with Gasteiger partial charge in [-0.3, -0.25) is 9.36 Å². The van der Waals surface area contributed by atoms with E-state index in [9.17, 15) is 19.7 Å². The van der Waals surface area contributed by atoms with Crippen molar-refractivity contribution in [3.63, 3.8) is 0 Å². The van der Waals surface area contributed by atoms with E-state index in [1.807, 2.05) is 324 Å². The van der Waals surface area contributed by atoms with Crippen LogP contribution in [0.5, 0.6) is 0 Å². The molecular weight excluding hydrogens is 1680 g/mol. The third-order valence-electron chi connectivity index (χ3n) is 24.2. The van der Waals surface area contributed by atoms with Crippen molar-refractivity contribution in [1.29, 1.82) is 0 Å². The van der Waals surface area contributed by atoms with Crippen LogP contribution >= 0.6 is 22.9 Å². The number of benzene rings is 16. The predicted octanol–water partition coefficient (Wildman–Crippen LogP) is 26.4. The molecule has 5 heterocycles. The highest BCUT2D eigenvalue weighted by Gasteiger charge is 2.43. The molecule has 0 radical (unpaired) electrons. The standard InChI is InChI=1S/C23H19N.C22H17ClN2.C22H18N2.C19H15FO.C19H18NO.C17H14OS/c1-4-12-20(13-5-1)23(24-18-10-11-19-24,21-14-6-2-7-15-21)22-16-8-3-9-17-22;23-21-14-12-20(13-15-21)22(25-17-7-16-24-25,18-8-3-1-4-9-18)19-10-5-2-6-11-19;1-4-11-19(12-5-1)22(24-18-10-17-23-24,20-13-6-2-7-14-20)21-15-8-3-9-16-21;20-18-13-11-17(12-14-18)19(21,15-7-3-1-4-8-15)16-9-5-2-6-10-16;1-20-14-12-18(13-15-20)19(21,16-8-4-2-5-9-16)17-10-6-3-7-11-17;18-17(16-12-7-13-19-16,14-8-3-1-4-9-14)15-10-5-2-6-11-15/h1-19H;1-17H;1-18H;1-14,21H;2-15,21H,1H3;1-13,18H/q;;;;+1;. The minimum atomic E-state index is -1.30. The van der Waals surface area contributed by atoms with Crippen molar-refractivity contribution in [3.05, 3.63) is 687 Å². The summed E-state index contributed by atoms with van der Waals surface area (Å²) in [6, 6.07) is 173. The zero-order valence-electron chi connectivity index (χ0n) is 74.0. The van der Waals surface area contributed by atoms with Crippen LogP contribution < -0.4 is 4.57 Å². The summed E-state index contributed by atoms with van der Waals surface area (Å²) in [6.07, 6.45) is 15.9. The van der Waals surface area contributed by atoms with Gasteiger partial charge >= 0.3 is 0 Å². The number of hydrogen-bond acceptors (Lipinski definition) is 6. The summed E-state index contributed by atoms with van der Waals surface area (Å²) in [5, 5.41) is 46.2. The van der Waals surface area contributed by atoms with Crippen LogP contribution in [0.15, 0.2) is 577 Å². The number of pyridine rings is 1. The van der Waals surface area contributed by atoms with Gasteiger partial charge in [0.15, 0.2) is 12.4 Å². The third kappa shape index (κ3) is 19.6. The summed E-state index contributed by atoms with van der Waals surface area (Å²) >= 11 is 7.73. The van der Waals surface area contributed by atoms with Crippen LogP contribution in [0.25, 0.3) is 0 Å². The number of aromatic nitrogens is 6. The minimum Gasteiger partial charge on any atom is -0.376 e. The van der Waals surface area contributed by atoms with Crippen LogP contribution in [0.2, 0.25) is 5.02 Å². The Hall–Kier alpha value is -15.8. The summed E-state index contributed by atoms with van der Waals surface area (Å²) in [6.45, 7) is 0. The monoisotopic (exact) mass is 1780 g/mol. The molecule has 3 N–H and O–H groups in total. The smallest absolute Gasteiger partial charge is 0.168 e. The molecule has 0 spiro atoms.